The third kappa shape index (κ3) is 2.81. The van der Waals surface area contributed by atoms with E-state index >= 15 is 0 Å². The number of ether oxygens (including phenoxy) is 2. The van der Waals surface area contributed by atoms with Crippen LogP contribution >= 0.6 is 0 Å². The van der Waals surface area contributed by atoms with Gasteiger partial charge < -0.3 is 19.9 Å². The molecule has 22 heavy (non-hydrogen) atoms. The molecule has 2 bridgehead atoms. The van der Waals surface area contributed by atoms with Crippen LogP contribution in [0.3, 0.4) is 0 Å². The summed E-state index contributed by atoms with van der Waals surface area (Å²) >= 11 is 0. The van der Waals surface area contributed by atoms with Gasteiger partial charge in [-0.3, -0.25) is 14.4 Å². The lowest BCUT2D eigenvalue weighted by molar-refractivity contribution is -0.196. The molecule has 0 aromatic carbocycles. The van der Waals surface area contributed by atoms with Crippen LogP contribution in [0.2, 0.25) is 0 Å². The van der Waals surface area contributed by atoms with Gasteiger partial charge in [0.1, 0.15) is 6.54 Å². The highest BCUT2D eigenvalue weighted by Gasteiger charge is 2.59. The highest BCUT2D eigenvalue weighted by molar-refractivity contribution is 5.94. The normalized spacial score (nSPS) is 29.4. The van der Waals surface area contributed by atoms with Gasteiger partial charge in [0.05, 0.1) is 5.92 Å². The van der Waals surface area contributed by atoms with Crippen LogP contribution in [0.5, 0.6) is 0 Å². The molecule has 2 aliphatic rings. The van der Waals surface area contributed by atoms with Gasteiger partial charge in [0, 0.05) is 18.4 Å². The number of carboxylic acids is 1. The SMILES string of the molecule is C=C(C)C(=O)NCC(=O)OC1(C(=O)O)CCC2CC1OC2=O. The summed E-state index contributed by atoms with van der Waals surface area (Å²) in [5.41, 5.74) is -1.67. The largest absolute Gasteiger partial charge is 0.478 e. The Morgan fingerprint density at radius 2 is 2.18 bits per heavy atom. The van der Waals surface area contributed by atoms with Gasteiger partial charge in [-0.25, -0.2) is 4.79 Å². The van der Waals surface area contributed by atoms with E-state index in [0.29, 0.717) is 0 Å². The van der Waals surface area contributed by atoms with Gasteiger partial charge in [0.2, 0.25) is 11.5 Å². The number of fused-ring (bicyclic) bond motifs is 2. The Labute approximate surface area is 126 Å². The van der Waals surface area contributed by atoms with E-state index in [1.54, 1.807) is 0 Å². The van der Waals surface area contributed by atoms with Crippen molar-refractivity contribution in [3.8, 4) is 0 Å². The first-order chi connectivity index (χ1) is 10.3. The summed E-state index contributed by atoms with van der Waals surface area (Å²) in [6.45, 7) is 4.40. The van der Waals surface area contributed by atoms with Crippen molar-refractivity contribution >= 4 is 23.8 Å². The smallest absolute Gasteiger partial charge is 0.352 e. The van der Waals surface area contributed by atoms with Crippen LogP contribution in [-0.4, -0.2) is 47.2 Å². The molecule has 2 N–H and O–H groups in total. The second-order valence-electron chi connectivity index (χ2n) is 5.53. The summed E-state index contributed by atoms with van der Waals surface area (Å²) in [5.74, 6) is -3.58. The molecule has 1 aliphatic heterocycles. The summed E-state index contributed by atoms with van der Waals surface area (Å²) in [5, 5.41) is 11.7. The molecule has 0 spiro atoms. The van der Waals surface area contributed by atoms with Crippen molar-refractivity contribution in [1.29, 1.82) is 0 Å². The number of carbonyl (C=O) groups excluding carboxylic acids is 3. The first-order valence-corrected chi connectivity index (χ1v) is 6.85. The van der Waals surface area contributed by atoms with Crippen molar-refractivity contribution in [3.63, 3.8) is 0 Å². The molecule has 2 fully saturated rings. The summed E-state index contributed by atoms with van der Waals surface area (Å²) in [4.78, 5) is 46.3. The van der Waals surface area contributed by atoms with E-state index in [1.165, 1.54) is 6.92 Å². The third-order valence-corrected chi connectivity index (χ3v) is 3.91. The number of carboxylic acid groups (broad SMARTS) is 1. The van der Waals surface area contributed by atoms with Gasteiger partial charge in [0.25, 0.3) is 0 Å². The molecular weight excluding hydrogens is 294 g/mol. The maximum absolute atomic E-state index is 11.8. The number of rotatable bonds is 5. The Kier molecular flexibility index (Phi) is 4.20. The van der Waals surface area contributed by atoms with Crippen LogP contribution in [0.25, 0.3) is 0 Å². The molecule has 3 atom stereocenters. The monoisotopic (exact) mass is 311 g/mol. The van der Waals surface area contributed by atoms with Gasteiger partial charge >= 0.3 is 17.9 Å². The molecule has 3 unspecified atom stereocenters. The Bertz CT molecular complexity index is 555. The molecule has 1 saturated carbocycles. The molecule has 0 aromatic rings. The zero-order valence-corrected chi connectivity index (χ0v) is 12.1. The van der Waals surface area contributed by atoms with Gasteiger partial charge in [-0.15, -0.1) is 0 Å². The van der Waals surface area contributed by atoms with E-state index in [4.69, 9.17) is 9.47 Å². The molecule has 1 heterocycles. The highest BCUT2D eigenvalue weighted by atomic mass is 16.6. The molecule has 8 nitrogen and oxygen atoms in total. The van der Waals surface area contributed by atoms with E-state index in [9.17, 15) is 24.3 Å². The van der Waals surface area contributed by atoms with E-state index < -0.39 is 42.1 Å². The van der Waals surface area contributed by atoms with Crippen molar-refractivity contribution in [2.45, 2.75) is 37.9 Å². The van der Waals surface area contributed by atoms with Gasteiger partial charge in [-0.05, 0) is 13.3 Å². The molecule has 8 heteroatoms. The second-order valence-corrected chi connectivity index (χ2v) is 5.53. The highest BCUT2D eigenvalue weighted by Crippen LogP contribution is 2.43. The minimum atomic E-state index is -1.88. The lowest BCUT2D eigenvalue weighted by atomic mass is 9.78. The molecule has 0 aromatic heterocycles. The van der Waals surface area contributed by atoms with Crippen molar-refractivity contribution in [1.82, 2.24) is 5.32 Å². The van der Waals surface area contributed by atoms with Crippen LogP contribution in [0.15, 0.2) is 12.2 Å². The summed E-state index contributed by atoms with van der Waals surface area (Å²) in [7, 11) is 0. The zero-order valence-electron chi connectivity index (χ0n) is 12.1. The minimum absolute atomic E-state index is 0.00355. The van der Waals surface area contributed by atoms with E-state index in [2.05, 4.69) is 11.9 Å². The number of amides is 1. The molecule has 1 saturated heterocycles. The van der Waals surface area contributed by atoms with Crippen molar-refractivity contribution in [3.05, 3.63) is 12.2 Å². The van der Waals surface area contributed by atoms with Gasteiger partial charge in [-0.2, -0.15) is 0 Å². The molecule has 1 aliphatic carbocycles. The van der Waals surface area contributed by atoms with Gasteiger partial charge in [-0.1, -0.05) is 6.58 Å². The van der Waals surface area contributed by atoms with Crippen molar-refractivity contribution in [2.24, 2.45) is 5.92 Å². The predicted molar refractivity (Wildman–Crippen MR) is 71.5 cm³/mol. The fourth-order valence-corrected chi connectivity index (χ4v) is 2.66. The lowest BCUT2D eigenvalue weighted by Gasteiger charge is -2.35. The summed E-state index contributed by atoms with van der Waals surface area (Å²) < 4.78 is 10.1. The van der Waals surface area contributed by atoms with Crippen molar-refractivity contribution < 1.29 is 33.8 Å². The second kappa shape index (κ2) is 5.78. The van der Waals surface area contributed by atoms with Crippen LogP contribution in [0.1, 0.15) is 26.2 Å². The number of nitrogens with one attached hydrogen (secondary N) is 1. The quantitative estimate of drug-likeness (QED) is 0.531. The maximum Gasteiger partial charge on any atom is 0.352 e. The van der Waals surface area contributed by atoms with E-state index in [1.807, 2.05) is 0 Å². The van der Waals surface area contributed by atoms with E-state index in [0.717, 1.165) is 0 Å². The number of hydrogen-bond acceptors (Lipinski definition) is 6. The van der Waals surface area contributed by atoms with Crippen LogP contribution in [0.4, 0.5) is 0 Å². The molecular formula is C14H17NO7. The van der Waals surface area contributed by atoms with E-state index in [-0.39, 0.29) is 30.8 Å². The number of esters is 2. The molecule has 120 valence electrons. The Morgan fingerprint density at radius 3 is 2.77 bits per heavy atom. The lowest BCUT2D eigenvalue weighted by Crippen LogP contribution is -2.55. The predicted octanol–water partition coefficient (Wildman–Crippen LogP) is -0.229. The zero-order chi connectivity index (χ0) is 16.5. The summed E-state index contributed by atoms with van der Waals surface area (Å²) in [6, 6.07) is 0. The van der Waals surface area contributed by atoms with Gasteiger partial charge in [0.15, 0.2) is 6.10 Å². The average molecular weight is 311 g/mol. The Hall–Kier alpha value is -2.38. The number of carbonyl (C=O) groups is 4. The number of aliphatic carboxylic acids is 1. The summed E-state index contributed by atoms with van der Waals surface area (Å²) in [6.07, 6.45) is -0.482. The third-order valence-electron chi connectivity index (χ3n) is 3.91. The molecule has 0 radical (unpaired) electrons. The first kappa shape index (κ1) is 16.0. The fourth-order valence-electron chi connectivity index (χ4n) is 2.66. The van der Waals surface area contributed by atoms with Crippen LogP contribution in [-0.2, 0) is 28.7 Å². The van der Waals surface area contributed by atoms with Crippen molar-refractivity contribution in [2.75, 3.05) is 6.54 Å². The fraction of sp³-hybridized carbons (Fsp3) is 0.571. The van der Waals surface area contributed by atoms with Crippen LogP contribution < -0.4 is 5.32 Å². The standard InChI is InChI=1S/C14H17NO7/c1-7(2)11(17)15-6-10(16)22-14(13(19)20)4-3-8-5-9(14)21-12(8)18/h8-9H,1,3-6H2,2H3,(H,15,17)(H,19,20). The molecule has 2 rings (SSSR count). The number of hydrogen-bond donors (Lipinski definition) is 2. The molecule has 1 amide bonds. The minimum Gasteiger partial charge on any atom is -0.478 e. The maximum atomic E-state index is 11.8. The Morgan fingerprint density at radius 1 is 1.50 bits per heavy atom. The average Bonchev–Trinajstić information content (AvgIpc) is 2.76. The first-order valence-electron chi connectivity index (χ1n) is 6.85. The Balaban J connectivity index is 2.05. The van der Waals surface area contributed by atoms with Crippen LogP contribution in [0, 0.1) is 5.92 Å². The topological polar surface area (TPSA) is 119 Å².